The molecule has 0 bridgehead atoms. The van der Waals surface area contributed by atoms with Crippen LogP contribution in [0.3, 0.4) is 0 Å². The number of alkyl halides is 3. The van der Waals surface area contributed by atoms with Gasteiger partial charge < -0.3 is 15.5 Å². The molecule has 0 aliphatic rings. The average molecular weight is 319 g/mol. The van der Waals surface area contributed by atoms with E-state index >= 15 is 0 Å². The Hall–Kier alpha value is -2.09. The molecule has 0 heterocycles. The van der Waals surface area contributed by atoms with E-state index in [4.69, 9.17) is 5.11 Å². The first-order chi connectivity index (χ1) is 10.1. The molecule has 5 nitrogen and oxygen atoms in total. The lowest BCUT2D eigenvalue weighted by molar-refractivity contribution is -0.139. The Morgan fingerprint density at radius 1 is 1.32 bits per heavy atom. The lowest BCUT2D eigenvalue weighted by Gasteiger charge is -2.20. The second kappa shape index (κ2) is 6.78. The van der Waals surface area contributed by atoms with E-state index in [1.165, 1.54) is 0 Å². The van der Waals surface area contributed by atoms with Gasteiger partial charge in [0.25, 0.3) is 0 Å². The van der Waals surface area contributed by atoms with Crippen LogP contribution in [-0.2, 0) is 11.0 Å². The van der Waals surface area contributed by atoms with Crippen LogP contribution in [0.4, 0.5) is 18.9 Å². The van der Waals surface area contributed by atoms with E-state index in [9.17, 15) is 27.9 Å². The number of hydrogen-bond acceptors (Lipinski definition) is 3. The highest BCUT2D eigenvalue weighted by molar-refractivity contribution is 6.00. The maximum Gasteiger partial charge on any atom is 0.416 e. The van der Waals surface area contributed by atoms with Crippen molar-refractivity contribution in [1.82, 2.24) is 0 Å². The number of aliphatic hydroxyl groups excluding tert-OH is 1. The molecule has 1 aromatic carbocycles. The van der Waals surface area contributed by atoms with Gasteiger partial charge in [0.15, 0.2) is 0 Å². The van der Waals surface area contributed by atoms with E-state index in [0.29, 0.717) is 12.5 Å². The van der Waals surface area contributed by atoms with Gasteiger partial charge in [0.1, 0.15) is 0 Å². The minimum absolute atomic E-state index is 0.0572. The van der Waals surface area contributed by atoms with Crippen molar-refractivity contribution in [2.45, 2.75) is 39.0 Å². The first-order valence-electron chi connectivity index (χ1n) is 6.52. The molecule has 22 heavy (non-hydrogen) atoms. The van der Waals surface area contributed by atoms with E-state index < -0.39 is 46.5 Å². The van der Waals surface area contributed by atoms with Gasteiger partial charge in [-0.25, -0.2) is 4.79 Å². The Labute approximate surface area is 124 Å². The molecule has 8 heteroatoms. The van der Waals surface area contributed by atoms with Crippen molar-refractivity contribution >= 4 is 17.6 Å². The molecule has 3 N–H and O–H groups in total. The Morgan fingerprint density at radius 2 is 1.91 bits per heavy atom. The van der Waals surface area contributed by atoms with Gasteiger partial charge in [-0.1, -0.05) is 13.3 Å². The highest BCUT2D eigenvalue weighted by Gasteiger charge is 2.36. The molecule has 1 amide bonds. The van der Waals surface area contributed by atoms with Gasteiger partial charge in [-0.15, -0.1) is 0 Å². The first kappa shape index (κ1) is 18.0. The third kappa shape index (κ3) is 4.20. The lowest BCUT2D eigenvalue weighted by Crippen LogP contribution is -2.17. The normalized spacial score (nSPS) is 12.8. The molecule has 1 unspecified atom stereocenters. The minimum atomic E-state index is -4.78. The highest BCUT2D eigenvalue weighted by atomic mass is 19.4. The van der Waals surface area contributed by atoms with E-state index in [1.54, 1.807) is 6.92 Å². The van der Waals surface area contributed by atoms with E-state index in [2.05, 4.69) is 5.32 Å². The quantitative estimate of drug-likeness (QED) is 0.778. The average Bonchev–Trinajstić information content (AvgIpc) is 2.36. The van der Waals surface area contributed by atoms with Crippen molar-refractivity contribution < 1.29 is 33.0 Å². The van der Waals surface area contributed by atoms with Gasteiger partial charge in [-0.2, -0.15) is 13.2 Å². The largest absolute Gasteiger partial charge is 0.478 e. The summed E-state index contributed by atoms with van der Waals surface area (Å²) in [4.78, 5) is 22.2. The molecule has 0 fully saturated rings. The summed E-state index contributed by atoms with van der Waals surface area (Å²) in [6.45, 7) is 2.74. The summed E-state index contributed by atoms with van der Waals surface area (Å²) in [7, 11) is 0. The number of hydrogen-bond donors (Lipinski definition) is 3. The fourth-order valence-electron chi connectivity index (χ4n) is 2.04. The number of carboxylic acid groups (broad SMARTS) is 1. The smallest absolute Gasteiger partial charge is 0.416 e. The fraction of sp³-hybridized carbons (Fsp3) is 0.429. The molecular weight excluding hydrogens is 303 g/mol. The monoisotopic (exact) mass is 319 g/mol. The molecule has 0 spiro atoms. The zero-order chi connectivity index (χ0) is 17.1. The molecule has 0 aliphatic heterocycles. The van der Waals surface area contributed by atoms with Crippen LogP contribution >= 0.6 is 0 Å². The zero-order valence-electron chi connectivity index (χ0n) is 12.0. The van der Waals surface area contributed by atoms with Crippen LogP contribution in [0.5, 0.6) is 0 Å². The third-order valence-corrected chi connectivity index (χ3v) is 2.96. The summed E-state index contributed by atoms with van der Waals surface area (Å²) in [5.41, 5.74) is -2.64. The van der Waals surface area contributed by atoms with Crippen LogP contribution in [0.25, 0.3) is 0 Å². The molecule has 0 aliphatic carbocycles. The van der Waals surface area contributed by atoms with Crippen molar-refractivity contribution in [2.24, 2.45) is 0 Å². The second-order valence-electron chi connectivity index (χ2n) is 4.77. The maximum absolute atomic E-state index is 13.1. The van der Waals surface area contributed by atoms with Gasteiger partial charge in [0.05, 0.1) is 22.9 Å². The number of rotatable bonds is 5. The van der Waals surface area contributed by atoms with Gasteiger partial charge in [-0.05, 0) is 24.1 Å². The molecule has 1 rings (SSSR count). The highest BCUT2D eigenvalue weighted by Crippen LogP contribution is 2.39. The molecule has 0 saturated carbocycles. The van der Waals surface area contributed by atoms with E-state index in [1.807, 2.05) is 0 Å². The molecule has 122 valence electrons. The summed E-state index contributed by atoms with van der Waals surface area (Å²) in [5.74, 6) is -2.19. The van der Waals surface area contributed by atoms with Crippen LogP contribution in [-0.4, -0.2) is 22.1 Å². The van der Waals surface area contributed by atoms with Crippen LogP contribution in [0.1, 0.15) is 54.3 Å². The minimum Gasteiger partial charge on any atom is -0.478 e. The van der Waals surface area contributed by atoms with Gasteiger partial charge >= 0.3 is 12.1 Å². The predicted octanol–water partition coefficient (Wildman–Crippen LogP) is 3.20. The van der Waals surface area contributed by atoms with Crippen molar-refractivity contribution in [3.63, 3.8) is 0 Å². The molecule has 0 aromatic heterocycles. The number of carbonyl (C=O) groups excluding carboxylic acids is 1. The predicted molar refractivity (Wildman–Crippen MR) is 72.6 cm³/mol. The summed E-state index contributed by atoms with van der Waals surface area (Å²) in [5, 5.41) is 21.0. The number of halogens is 3. The molecule has 0 saturated heterocycles. The molecular formula is C14H16F3NO4. The van der Waals surface area contributed by atoms with Crippen LogP contribution < -0.4 is 5.32 Å². The van der Waals surface area contributed by atoms with Crippen molar-refractivity contribution in [2.75, 3.05) is 5.32 Å². The third-order valence-electron chi connectivity index (χ3n) is 2.96. The van der Waals surface area contributed by atoms with Gasteiger partial charge in [0, 0.05) is 6.92 Å². The summed E-state index contributed by atoms with van der Waals surface area (Å²) in [6, 6.07) is 1.30. The second-order valence-corrected chi connectivity index (χ2v) is 4.77. The number of nitrogens with one attached hydrogen (secondary N) is 1. The first-order valence-corrected chi connectivity index (χ1v) is 6.52. The SMILES string of the molecule is CCCC(O)c1cc(C(=O)O)c(NC(C)=O)cc1C(F)(F)F. The Balaban J connectivity index is 3.57. The van der Waals surface area contributed by atoms with E-state index in [0.717, 1.165) is 13.0 Å². The van der Waals surface area contributed by atoms with Crippen LogP contribution in [0.15, 0.2) is 12.1 Å². The van der Waals surface area contributed by atoms with Crippen LogP contribution in [0.2, 0.25) is 0 Å². The number of carbonyl (C=O) groups is 2. The molecule has 1 atom stereocenters. The maximum atomic E-state index is 13.1. The molecule has 1 aromatic rings. The number of carboxylic acids is 1. The van der Waals surface area contributed by atoms with Crippen molar-refractivity contribution in [1.29, 1.82) is 0 Å². The van der Waals surface area contributed by atoms with Gasteiger partial charge in [-0.3, -0.25) is 4.79 Å². The summed E-state index contributed by atoms with van der Waals surface area (Å²) in [6.07, 6.45) is -5.74. The van der Waals surface area contributed by atoms with Crippen molar-refractivity contribution in [3.8, 4) is 0 Å². The number of benzene rings is 1. The van der Waals surface area contributed by atoms with Crippen molar-refractivity contribution in [3.05, 3.63) is 28.8 Å². The number of aliphatic hydroxyl groups is 1. The number of anilines is 1. The Morgan fingerprint density at radius 3 is 2.32 bits per heavy atom. The van der Waals surface area contributed by atoms with Gasteiger partial charge in [0.2, 0.25) is 5.91 Å². The number of aromatic carboxylic acids is 1. The fourth-order valence-corrected chi connectivity index (χ4v) is 2.04. The summed E-state index contributed by atoms with van der Waals surface area (Å²) < 4.78 is 39.4. The zero-order valence-corrected chi connectivity index (χ0v) is 12.0. The molecule has 0 radical (unpaired) electrons. The topological polar surface area (TPSA) is 86.6 Å². The van der Waals surface area contributed by atoms with Crippen LogP contribution in [0, 0.1) is 0 Å². The Bertz CT molecular complexity index is 584. The standard InChI is InChI=1S/C14H16F3NO4/c1-3-4-12(20)8-5-9(13(21)22)11(18-7(2)19)6-10(8)14(15,16)17/h5-6,12,20H,3-4H2,1-2H3,(H,18,19)(H,21,22). The lowest BCUT2D eigenvalue weighted by atomic mass is 9.95. The Kier molecular flexibility index (Phi) is 5.54. The summed E-state index contributed by atoms with van der Waals surface area (Å²) >= 11 is 0. The number of amides is 1. The van der Waals surface area contributed by atoms with E-state index in [-0.39, 0.29) is 6.42 Å².